The molecule has 1 aromatic rings. The average molecular weight is 287 g/mol. The van der Waals surface area contributed by atoms with Crippen molar-refractivity contribution in [2.24, 2.45) is 5.92 Å². The molecule has 1 saturated heterocycles. The molecule has 1 heterocycles. The molecule has 0 radical (unpaired) electrons. The molecule has 112 valence electrons. The fourth-order valence-electron chi connectivity index (χ4n) is 2.98. The Morgan fingerprint density at radius 3 is 2.67 bits per heavy atom. The van der Waals surface area contributed by atoms with E-state index in [0.717, 1.165) is 31.6 Å². The van der Waals surface area contributed by atoms with Crippen LogP contribution in [0, 0.1) is 23.1 Å². The van der Waals surface area contributed by atoms with Crippen LogP contribution in [0.1, 0.15) is 36.8 Å². The van der Waals surface area contributed by atoms with Gasteiger partial charge in [-0.2, -0.15) is 5.26 Å². The van der Waals surface area contributed by atoms with E-state index in [2.05, 4.69) is 16.3 Å². The second-order valence-corrected chi connectivity index (χ2v) is 6.32. The first-order valence-electron chi connectivity index (χ1n) is 7.89. The largest absolute Gasteiger partial charge is 0.314 e. The van der Waals surface area contributed by atoms with Crippen LogP contribution in [0.2, 0.25) is 0 Å². The maximum atomic E-state index is 13.8. The van der Waals surface area contributed by atoms with Gasteiger partial charge in [-0.15, -0.1) is 0 Å². The molecule has 2 aliphatic rings. The van der Waals surface area contributed by atoms with Crippen molar-refractivity contribution in [3.05, 3.63) is 35.1 Å². The van der Waals surface area contributed by atoms with E-state index in [1.165, 1.54) is 37.8 Å². The molecule has 1 saturated carbocycles. The molecule has 1 N–H and O–H groups in total. The molecule has 0 spiro atoms. The second kappa shape index (κ2) is 6.55. The molecule has 2 fully saturated rings. The zero-order valence-electron chi connectivity index (χ0n) is 12.3. The van der Waals surface area contributed by atoms with Gasteiger partial charge in [0.25, 0.3) is 0 Å². The number of hydrogen-bond acceptors (Lipinski definition) is 3. The highest BCUT2D eigenvalue weighted by Crippen LogP contribution is 2.23. The fraction of sp³-hybridized carbons (Fsp3) is 0.588. The molecule has 3 nitrogen and oxygen atoms in total. The molecule has 1 aliphatic carbocycles. The predicted octanol–water partition coefficient (Wildman–Crippen LogP) is 2.66. The maximum absolute atomic E-state index is 13.8. The zero-order chi connectivity index (χ0) is 14.7. The van der Waals surface area contributed by atoms with Gasteiger partial charge in [0.05, 0.1) is 11.6 Å². The zero-order valence-corrected chi connectivity index (χ0v) is 12.3. The lowest BCUT2D eigenvalue weighted by Crippen LogP contribution is -2.37. The van der Waals surface area contributed by atoms with Crippen molar-refractivity contribution in [3.63, 3.8) is 0 Å². The first kappa shape index (κ1) is 14.5. The highest BCUT2D eigenvalue weighted by molar-refractivity contribution is 5.33. The summed E-state index contributed by atoms with van der Waals surface area (Å²) in [6, 6.07) is 7.48. The smallest absolute Gasteiger partial charge is 0.127 e. The summed E-state index contributed by atoms with van der Waals surface area (Å²) in [5.74, 6) is 0.559. The Kier molecular flexibility index (Phi) is 4.52. The van der Waals surface area contributed by atoms with E-state index in [1.54, 1.807) is 6.07 Å². The van der Waals surface area contributed by atoms with Gasteiger partial charge in [0.15, 0.2) is 0 Å². The highest BCUT2D eigenvalue weighted by Gasteiger charge is 2.24. The Morgan fingerprint density at radius 2 is 2.00 bits per heavy atom. The number of halogens is 1. The SMILES string of the molecule is N#Cc1ccc(F)c(CN2CCC(CNC3CC3)CC2)c1. The number of benzene rings is 1. The number of piperidine rings is 1. The first-order chi connectivity index (χ1) is 10.2. The standard InChI is InChI=1S/C17H22FN3/c18-17-4-1-14(10-19)9-15(17)12-21-7-5-13(6-8-21)11-20-16-2-3-16/h1,4,9,13,16,20H,2-3,5-8,11-12H2. The summed E-state index contributed by atoms with van der Waals surface area (Å²) in [4.78, 5) is 2.30. The molecule has 1 aliphatic heterocycles. The van der Waals surface area contributed by atoms with Crippen LogP contribution < -0.4 is 5.32 Å². The Morgan fingerprint density at radius 1 is 1.24 bits per heavy atom. The van der Waals surface area contributed by atoms with Crippen molar-refractivity contribution in [1.82, 2.24) is 10.2 Å². The molecular weight excluding hydrogens is 265 g/mol. The van der Waals surface area contributed by atoms with Crippen molar-refractivity contribution in [2.45, 2.75) is 38.3 Å². The van der Waals surface area contributed by atoms with Gasteiger partial charge in [0.1, 0.15) is 5.82 Å². The summed E-state index contributed by atoms with van der Waals surface area (Å²) in [5, 5.41) is 12.5. The number of nitrogens with zero attached hydrogens (tertiary/aromatic N) is 2. The molecular formula is C17H22FN3. The minimum atomic E-state index is -0.202. The molecule has 3 rings (SSSR count). The number of likely N-dealkylation sites (tertiary alicyclic amines) is 1. The predicted molar refractivity (Wildman–Crippen MR) is 80.1 cm³/mol. The first-order valence-corrected chi connectivity index (χ1v) is 7.89. The van der Waals surface area contributed by atoms with Crippen LogP contribution in [0.25, 0.3) is 0 Å². The summed E-state index contributed by atoms with van der Waals surface area (Å²) in [6.07, 6.45) is 5.04. The van der Waals surface area contributed by atoms with Crippen molar-refractivity contribution >= 4 is 0 Å². The van der Waals surface area contributed by atoms with E-state index >= 15 is 0 Å². The van der Waals surface area contributed by atoms with Crippen LogP contribution in [0.5, 0.6) is 0 Å². The third-order valence-corrected chi connectivity index (χ3v) is 4.55. The van der Waals surface area contributed by atoms with Gasteiger partial charge in [-0.25, -0.2) is 4.39 Å². The summed E-state index contributed by atoms with van der Waals surface area (Å²) in [6.45, 7) is 3.79. The van der Waals surface area contributed by atoms with E-state index < -0.39 is 0 Å². The molecule has 0 atom stereocenters. The number of rotatable bonds is 5. The minimum Gasteiger partial charge on any atom is -0.314 e. The average Bonchev–Trinajstić information content (AvgIpc) is 3.33. The van der Waals surface area contributed by atoms with Gasteiger partial charge in [0.2, 0.25) is 0 Å². The van der Waals surface area contributed by atoms with Crippen molar-refractivity contribution in [3.8, 4) is 6.07 Å². The molecule has 21 heavy (non-hydrogen) atoms. The summed E-state index contributed by atoms with van der Waals surface area (Å²) in [5.41, 5.74) is 1.18. The Bertz CT molecular complexity index is 525. The molecule has 0 bridgehead atoms. The van der Waals surface area contributed by atoms with Gasteiger partial charge < -0.3 is 5.32 Å². The van der Waals surface area contributed by atoms with Crippen molar-refractivity contribution < 1.29 is 4.39 Å². The molecule has 0 unspecified atom stereocenters. The van der Waals surface area contributed by atoms with Crippen LogP contribution in [-0.4, -0.2) is 30.6 Å². The number of hydrogen-bond donors (Lipinski definition) is 1. The van der Waals surface area contributed by atoms with E-state index in [-0.39, 0.29) is 5.82 Å². The van der Waals surface area contributed by atoms with E-state index in [0.29, 0.717) is 17.7 Å². The van der Waals surface area contributed by atoms with Gasteiger partial charge in [0, 0.05) is 18.2 Å². The van der Waals surface area contributed by atoms with E-state index in [9.17, 15) is 4.39 Å². The van der Waals surface area contributed by atoms with Gasteiger partial charge >= 0.3 is 0 Å². The third kappa shape index (κ3) is 4.03. The third-order valence-electron chi connectivity index (χ3n) is 4.55. The van der Waals surface area contributed by atoms with Crippen LogP contribution in [0.3, 0.4) is 0 Å². The lowest BCUT2D eigenvalue weighted by molar-refractivity contribution is 0.173. The summed E-state index contributed by atoms with van der Waals surface area (Å²) < 4.78 is 13.8. The Labute approximate surface area is 125 Å². The fourth-order valence-corrected chi connectivity index (χ4v) is 2.98. The van der Waals surface area contributed by atoms with Crippen molar-refractivity contribution in [1.29, 1.82) is 5.26 Å². The number of nitrogens with one attached hydrogen (secondary N) is 1. The highest BCUT2D eigenvalue weighted by atomic mass is 19.1. The van der Waals surface area contributed by atoms with Gasteiger partial charge in [-0.05, 0) is 69.4 Å². The Hall–Kier alpha value is -1.44. The van der Waals surface area contributed by atoms with Crippen LogP contribution in [0.15, 0.2) is 18.2 Å². The molecule has 0 amide bonds. The second-order valence-electron chi connectivity index (χ2n) is 6.32. The molecule has 4 heteroatoms. The summed E-state index contributed by atoms with van der Waals surface area (Å²) in [7, 11) is 0. The lowest BCUT2D eigenvalue weighted by atomic mass is 9.96. The Balaban J connectivity index is 1.49. The van der Waals surface area contributed by atoms with Crippen LogP contribution in [0.4, 0.5) is 4.39 Å². The van der Waals surface area contributed by atoms with Crippen LogP contribution >= 0.6 is 0 Å². The molecule has 1 aromatic carbocycles. The normalized spacial score (nSPS) is 20.4. The topological polar surface area (TPSA) is 39.1 Å². The minimum absolute atomic E-state index is 0.202. The lowest BCUT2D eigenvalue weighted by Gasteiger charge is -2.32. The monoisotopic (exact) mass is 287 g/mol. The number of nitriles is 1. The maximum Gasteiger partial charge on any atom is 0.127 e. The van der Waals surface area contributed by atoms with Gasteiger partial charge in [-0.1, -0.05) is 0 Å². The van der Waals surface area contributed by atoms with Gasteiger partial charge in [-0.3, -0.25) is 4.90 Å². The van der Waals surface area contributed by atoms with E-state index in [1.807, 2.05) is 0 Å². The summed E-state index contributed by atoms with van der Waals surface area (Å²) >= 11 is 0. The molecule has 0 aromatic heterocycles. The van der Waals surface area contributed by atoms with Crippen molar-refractivity contribution in [2.75, 3.05) is 19.6 Å². The van der Waals surface area contributed by atoms with Crippen LogP contribution in [-0.2, 0) is 6.54 Å². The van der Waals surface area contributed by atoms with E-state index in [4.69, 9.17) is 5.26 Å². The quantitative estimate of drug-likeness (QED) is 0.905.